The van der Waals surface area contributed by atoms with E-state index in [0.29, 0.717) is 54.5 Å². The molecule has 0 saturated carbocycles. The molecule has 0 aliphatic carbocycles. The molecule has 11 nitrogen and oxygen atoms in total. The largest absolute Gasteiger partial charge is 0.366 e. The van der Waals surface area contributed by atoms with E-state index in [1.54, 1.807) is 12.3 Å². The first kappa shape index (κ1) is 18.9. The van der Waals surface area contributed by atoms with Crippen molar-refractivity contribution in [3.8, 4) is 11.5 Å². The molecular formula is C20H17N7O4. The average Bonchev–Trinajstić information content (AvgIpc) is 3.30. The van der Waals surface area contributed by atoms with E-state index >= 15 is 0 Å². The average molecular weight is 419 g/mol. The van der Waals surface area contributed by atoms with Crippen LogP contribution in [0, 0.1) is 10.1 Å². The van der Waals surface area contributed by atoms with Crippen LogP contribution in [0.15, 0.2) is 52.2 Å². The third-order valence-corrected chi connectivity index (χ3v) is 5.45. The summed E-state index contributed by atoms with van der Waals surface area (Å²) >= 11 is 0. The Hall–Kier alpha value is -4.15. The maximum atomic E-state index is 12.0. The van der Waals surface area contributed by atoms with Crippen LogP contribution in [-0.4, -0.2) is 43.1 Å². The maximum Gasteiger partial charge on any atom is 0.293 e. The molecule has 0 radical (unpaired) electrons. The monoisotopic (exact) mass is 419 g/mol. The fraction of sp³-hybridized carbons (Fsp3) is 0.250. The van der Waals surface area contributed by atoms with E-state index in [2.05, 4.69) is 25.1 Å². The first-order valence-electron chi connectivity index (χ1n) is 9.76. The van der Waals surface area contributed by atoms with Gasteiger partial charge in [0.15, 0.2) is 0 Å². The number of pyridine rings is 1. The van der Waals surface area contributed by atoms with Gasteiger partial charge in [0, 0.05) is 31.3 Å². The van der Waals surface area contributed by atoms with Gasteiger partial charge >= 0.3 is 0 Å². The predicted octanol–water partition coefficient (Wildman–Crippen LogP) is 2.66. The molecule has 0 amide bonds. The van der Waals surface area contributed by atoms with Gasteiger partial charge in [-0.25, -0.2) is 4.98 Å². The summed E-state index contributed by atoms with van der Waals surface area (Å²) in [4.78, 5) is 40.4. The predicted molar refractivity (Wildman–Crippen MR) is 111 cm³/mol. The smallest absolute Gasteiger partial charge is 0.293 e. The van der Waals surface area contributed by atoms with Crippen LogP contribution in [0.3, 0.4) is 0 Å². The summed E-state index contributed by atoms with van der Waals surface area (Å²) in [5.74, 6) is 1.04. The van der Waals surface area contributed by atoms with Crippen molar-refractivity contribution >= 4 is 22.3 Å². The summed E-state index contributed by atoms with van der Waals surface area (Å²) in [7, 11) is 0. The highest BCUT2D eigenvalue weighted by molar-refractivity contribution is 5.87. The quantitative estimate of drug-likeness (QED) is 0.390. The first-order chi connectivity index (χ1) is 15.1. The van der Waals surface area contributed by atoms with Crippen molar-refractivity contribution in [2.24, 2.45) is 0 Å². The lowest BCUT2D eigenvalue weighted by Crippen LogP contribution is -2.33. The van der Waals surface area contributed by atoms with Crippen LogP contribution in [0.1, 0.15) is 24.7 Å². The molecule has 0 spiro atoms. The summed E-state index contributed by atoms with van der Waals surface area (Å²) in [5, 5.41) is 15.9. The Balaban J connectivity index is 1.38. The van der Waals surface area contributed by atoms with Gasteiger partial charge in [0.25, 0.3) is 11.2 Å². The number of nitrogens with one attached hydrogen (secondary N) is 1. The number of hydrogen-bond acceptors (Lipinski definition) is 9. The number of nitrogens with zero attached hydrogens (tertiary/aromatic N) is 6. The molecule has 0 unspecified atom stereocenters. The molecule has 1 saturated heterocycles. The van der Waals surface area contributed by atoms with E-state index in [-0.39, 0.29) is 17.0 Å². The molecule has 1 fully saturated rings. The Kier molecular flexibility index (Phi) is 4.62. The summed E-state index contributed by atoms with van der Waals surface area (Å²) in [6, 6.07) is 8.39. The lowest BCUT2D eigenvalue weighted by Gasteiger charge is -2.31. The Morgan fingerprint density at radius 3 is 2.77 bits per heavy atom. The zero-order chi connectivity index (χ0) is 21.4. The zero-order valence-electron chi connectivity index (χ0n) is 16.3. The van der Waals surface area contributed by atoms with Crippen LogP contribution in [0.4, 0.5) is 11.4 Å². The van der Waals surface area contributed by atoms with Crippen molar-refractivity contribution < 1.29 is 9.45 Å². The lowest BCUT2D eigenvalue weighted by atomic mass is 9.96. The number of piperidine rings is 1. The van der Waals surface area contributed by atoms with E-state index in [4.69, 9.17) is 4.52 Å². The molecule has 1 aliphatic heterocycles. The van der Waals surface area contributed by atoms with E-state index in [1.165, 1.54) is 12.4 Å². The summed E-state index contributed by atoms with van der Waals surface area (Å²) < 4.78 is 5.46. The Morgan fingerprint density at radius 2 is 2.03 bits per heavy atom. The molecule has 5 rings (SSSR count). The van der Waals surface area contributed by atoms with Crippen molar-refractivity contribution in [2.75, 3.05) is 18.0 Å². The number of nitro groups is 1. The number of rotatable bonds is 4. The fourth-order valence-corrected chi connectivity index (χ4v) is 3.86. The van der Waals surface area contributed by atoms with Crippen LogP contribution in [-0.2, 0) is 0 Å². The number of aromatic nitrogens is 5. The molecule has 3 aromatic heterocycles. The number of aromatic amines is 1. The molecule has 0 bridgehead atoms. The van der Waals surface area contributed by atoms with Crippen LogP contribution in [0.2, 0.25) is 0 Å². The highest BCUT2D eigenvalue weighted by Crippen LogP contribution is 2.36. The number of H-pyrrole nitrogens is 1. The van der Waals surface area contributed by atoms with Crippen molar-refractivity contribution in [1.82, 2.24) is 25.1 Å². The van der Waals surface area contributed by atoms with Gasteiger partial charge in [-0.3, -0.25) is 19.9 Å². The molecular weight excluding hydrogens is 402 g/mol. The van der Waals surface area contributed by atoms with Crippen molar-refractivity contribution in [3.63, 3.8) is 0 Å². The van der Waals surface area contributed by atoms with E-state index < -0.39 is 10.5 Å². The molecule has 1 N–H and O–H groups in total. The number of anilines is 1. The summed E-state index contributed by atoms with van der Waals surface area (Å²) in [6.07, 6.45) is 4.36. The van der Waals surface area contributed by atoms with Crippen molar-refractivity contribution in [3.05, 3.63) is 69.2 Å². The second-order valence-corrected chi connectivity index (χ2v) is 7.28. The van der Waals surface area contributed by atoms with Crippen LogP contribution < -0.4 is 10.5 Å². The molecule has 31 heavy (non-hydrogen) atoms. The summed E-state index contributed by atoms with van der Waals surface area (Å²) in [5.41, 5.74) is 1.000. The second-order valence-electron chi connectivity index (χ2n) is 7.28. The zero-order valence-corrected chi connectivity index (χ0v) is 16.3. The van der Waals surface area contributed by atoms with Gasteiger partial charge in [0.1, 0.15) is 11.4 Å². The van der Waals surface area contributed by atoms with Gasteiger partial charge in [-0.05, 0) is 31.0 Å². The Labute approximate surface area is 174 Å². The normalized spacial score (nSPS) is 14.8. The van der Waals surface area contributed by atoms with Gasteiger partial charge in [-0.15, -0.1) is 0 Å². The van der Waals surface area contributed by atoms with E-state index in [9.17, 15) is 14.9 Å². The molecule has 1 aromatic carbocycles. The highest BCUT2D eigenvalue weighted by Gasteiger charge is 2.29. The minimum Gasteiger partial charge on any atom is -0.366 e. The van der Waals surface area contributed by atoms with Crippen LogP contribution in [0.5, 0.6) is 0 Å². The lowest BCUT2D eigenvalue weighted by molar-refractivity contribution is -0.384. The maximum absolute atomic E-state index is 12.0. The van der Waals surface area contributed by atoms with Crippen molar-refractivity contribution in [2.45, 2.75) is 18.8 Å². The fourth-order valence-electron chi connectivity index (χ4n) is 3.86. The van der Waals surface area contributed by atoms with E-state index in [0.717, 1.165) is 0 Å². The van der Waals surface area contributed by atoms with Gasteiger partial charge < -0.3 is 14.4 Å². The topological polar surface area (TPSA) is 144 Å². The van der Waals surface area contributed by atoms with Gasteiger partial charge in [0.05, 0.1) is 22.2 Å². The molecule has 4 aromatic rings. The first-order valence-corrected chi connectivity index (χ1v) is 9.76. The summed E-state index contributed by atoms with van der Waals surface area (Å²) in [6.45, 7) is 1.14. The van der Waals surface area contributed by atoms with E-state index in [1.807, 2.05) is 23.1 Å². The SMILES string of the molecule is O=c1[nH]cnc2cc(N3CCC(c4nc(-c5ccccn5)no4)CC3)c([N+](=O)[O-])cc12. The Morgan fingerprint density at radius 1 is 1.19 bits per heavy atom. The molecule has 0 atom stereocenters. The standard InChI is InChI=1S/C20H17N7O4/c28-19-13-9-17(27(29)30)16(10-15(13)22-11-23-19)26-7-4-12(5-8-26)20-24-18(25-31-20)14-3-1-2-6-21-14/h1-3,6,9-12H,4-5,7-8H2,(H,22,23,28). The van der Waals surface area contributed by atoms with Crippen LogP contribution >= 0.6 is 0 Å². The third-order valence-electron chi connectivity index (χ3n) is 5.45. The number of benzene rings is 1. The molecule has 4 heterocycles. The minimum atomic E-state index is -0.468. The van der Waals surface area contributed by atoms with Crippen LogP contribution in [0.25, 0.3) is 22.4 Å². The van der Waals surface area contributed by atoms with Gasteiger partial charge in [-0.2, -0.15) is 4.98 Å². The second kappa shape index (κ2) is 7.59. The molecule has 156 valence electrons. The molecule has 11 heteroatoms. The van der Waals surface area contributed by atoms with Gasteiger partial charge in [0.2, 0.25) is 11.7 Å². The number of fused-ring (bicyclic) bond motifs is 1. The van der Waals surface area contributed by atoms with Gasteiger partial charge in [-0.1, -0.05) is 11.2 Å². The number of nitro benzene ring substituents is 1. The highest BCUT2D eigenvalue weighted by atomic mass is 16.6. The third kappa shape index (κ3) is 3.50. The van der Waals surface area contributed by atoms with Crippen molar-refractivity contribution in [1.29, 1.82) is 0 Å². The molecule has 1 aliphatic rings. The minimum absolute atomic E-state index is 0.0571. The Bertz CT molecular complexity index is 1310. The number of hydrogen-bond donors (Lipinski definition) is 1.